The first-order valence-corrected chi connectivity index (χ1v) is 12.2. The zero-order valence-electron chi connectivity index (χ0n) is 19.1. The number of H-pyrrole nitrogens is 1. The highest BCUT2D eigenvalue weighted by Gasteiger charge is 2.36. The Hall–Kier alpha value is -3.28. The van der Waals surface area contributed by atoms with Crippen molar-refractivity contribution in [3.63, 3.8) is 0 Å². The number of hydrogen-bond acceptors (Lipinski definition) is 3. The lowest BCUT2D eigenvalue weighted by atomic mass is 9.82. The van der Waals surface area contributed by atoms with Crippen molar-refractivity contribution in [1.82, 2.24) is 20.4 Å². The third-order valence-electron chi connectivity index (χ3n) is 7.51. The summed E-state index contributed by atoms with van der Waals surface area (Å²) in [4.78, 5) is 2.56. The van der Waals surface area contributed by atoms with Crippen LogP contribution >= 0.6 is 0 Å². The first kappa shape index (κ1) is 21.3. The zero-order valence-corrected chi connectivity index (χ0v) is 19.1. The van der Waals surface area contributed by atoms with Crippen molar-refractivity contribution >= 4 is 0 Å². The van der Waals surface area contributed by atoms with Crippen LogP contribution in [0.1, 0.15) is 30.0 Å². The van der Waals surface area contributed by atoms with Crippen LogP contribution in [0.3, 0.4) is 0 Å². The fraction of sp³-hybridized carbons (Fsp3) is 0.276. The average Bonchev–Trinajstić information content (AvgIpc) is 3.38. The molecule has 0 amide bonds. The second-order valence-electron chi connectivity index (χ2n) is 9.51. The molecule has 0 saturated carbocycles. The van der Waals surface area contributed by atoms with Crippen LogP contribution in [0.4, 0.5) is 4.39 Å². The minimum atomic E-state index is -0.242. The Kier molecular flexibility index (Phi) is 5.73. The topological polar surface area (TPSA) is 44.0 Å². The van der Waals surface area contributed by atoms with Gasteiger partial charge in [0.05, 0.1) is 17.9 Å². The maximum Gasteiger partial charge on any atom is 0.132 e. The normalized spacial score (nSPS) is 22.6. The number of nitrogens with one attached hydrogen (secondary N) is 2. The van der Waals surface area contributed by atoms with Crippen LogP contribution in [0.2, 0.25) is 0 Å². The van der Waals surface area contributed by atoms with Gasteiger partial charge >= 0.3 is 0 Å². The van der Waals surface area contributed by atoms with E-state index in [0.717, 1.165) is 23.4 Å². The van der Waals surface area contributed by atoms with Crippen molar-refractivity contribution in [1.29, 1.82) is 0 Å². The molecule has 3 aromatic carbocycles. The Morgan fingerprint density at radius 3 is 2.29 bits per heavy atom. The van der Waals surface area contributed by atoms with E-state index in [2.05, 4.69) is 68.9 Å². The van der Waals surface area contributed by atoms with Gasteiger partial charge < -0.3 is 10.2 Å². The maximum absolute atomic E-state index is 14.7. The van der Waals surface area contributed by atoms with Crippen LogP contribution in [0, 0.1) is 11.7 Å². The fourth-order valence-electron chi connectivity index (χ4n) is 5.63. The molecule has 2 unspecified atom stereocenters. The third kappa shape index (κ3) is 4.06. The van der Waals surface area contributed by atoms with E-state index in [-0.39, 0.29) is 11.9 Å². The summed E-state index contributed by atoms with van der Waals surface area (Å²) in [6.45, 7) is 3.47. The van der Waals surface area contributed by atoms with E-state index in [4.69, 9.17) is 0 Å². The summed E-state index contributed by atoms with van der Waals surface area (Å²) in [5.41, 5.74) is 5.82. The molecule has 3 fully saturated rings. The number of aromatic nitrogens is 2. The Bertz CT molecular complexity index is 1240. The van der Waals surface area contributed by atoms with Gasteiger partial charge in [-0.3, -0.25) is 5.10 Å². The first-order chi connectivity index (χ1) is 16.8. The average molecular weight is 453 g/mol. The monoisotopic (exact) mass is 452 g/mol. The van der Waals surface area contributed by atoms with Gasteiger partial charge in [0.2, 0.25) is 0 Å². The SMILES string of the molecule is Fc1ccccc1-c1[nH]ncc1C(NC1CN2CCC1CC2)c1ccc(-c2ccccc2)cc1. The molecule has 2 atom stereocenters. The van der Waals surface area contributed by atoms with Gasteiger partial charge in [-0.25, -0.2) is 4.39 Å². The number of rotatable bonds is 6. The van der Waals surface area contributed by atoms with Crippen molar-refractivity contribution in [3.05, 3.63) is 102 Å². The number of nitrogens with zero attached hydrogens (tertiary/aromatic N) is 2. The molecule has 3 saturated heterocycles. The predicted molar refractivity (Wildman–Crippen MR) is 134 cm³/mol. The van der Waals surface area contributed by atoms with Crippen LogP contribution in [-0.4, -0.2) is 40.8 Å². The minimum Gasteiger partial charge on any atom is -0.302 e. The maximum atomic E-state index is 14.7. The molecule has 3 aliphatic heterocycles. The number of aromatic amines is 1. The summed E-state index contributed by atoms with van der Waals surface area (Å²) in [7, 11) is 0. The molecule has 0 spiro atoms. The van der Waals surface area contributed by atoms with Crippen molar-refractivity contribution in [2.75, 3.05) is 19.6 Å². The van der Waals surface area contributed by atoms with Crippen molar-refractivity contribution < 1.29 is 4.39 Å². The van der Waals surface area contributed by atoms with E-state index in [1.54, 1.807) is 6.07 Å². The molecule has 5 heteroatoms. The van der Waals surface area contributed by atoms with Crippen LogP contribution in [0.5, 0.6) is 0 Å². The highest BCUT2D eigenvalue weighted by molar-refractivity contribution is 5.66. The highest BCUT2D eigenvalue weighted by Crippen LogP contribution is 2.35. The predicted octanol–water partition coefficient (Wildman–Crippen LogP) is 5.66. The van der Waals surface area contributed by atoms with Crippen molar-refractivity contribution in [2.45, 2.75) is 24.9 Å². The zero-order chi connectivity index (χ0) is 22.9. The second kappa shape index (κ2) is 9.16. The Balaban J connectivity index is 1.38. The van der Waals surface area contributed by atoms with Gasteiger partial charge in [-0.1, -0.05) is 66.7 Å². The van der Waals surface area contributed by atoms with Crippen LogP contribution < -0.4 is 5.32 Å². The molecule has 2 bridgehead atoms. The number of hydrogen-bond donors (Lipinski definition) is 2. The standard InChI is InChI=1S/C29H29FN4/c30-26-9-5-4-8-24(26)29-25(18-31-33-29)28(32-27-19-34-16-14-22(27)15-17-34)23-12-10-21(11-13-23)20-6-2-1-3-7-20/h1-13,18,22,27-28,32H,14-17,19H2,(H,31,33). The molecule has 4 nitrogen and oxygen atoms in total. The number of piperidine rings is 3. The highest BCUT2D eigenvalue weighted by atomic mass is 19.1. The number of fused-ring (bicyclic) bond motifs is 3. The molecule has 34 heavy (non-hydrogen) atoms. The van der Waals surface area contributed by atoms with Gasteiger partial charge in [-0.15, -0.1) is 0 Å². The van der Waals surface area contributed by atoms with Crippen LogP contribution in [0.25, 0.3) is 22.4 Å². The molecule has 4 aromatic rings. The van der Waals surface area contributed by atoms with Gasteiger partial charge in [-0.2, -0.15) is 5.10 Å². The Morgan fingerprint density at radius 2 is 1.59 bits per heavy atom. The van der Waals surface area contributed by atoms with Crippen LogP contribution in [0.15, 0.2) is 85.1 Å². The first-order valence-electron chi connectivity index (χ1n) is 12.2. The molecular weight excluding hydrogens is 423 g/mol. The van der Waals surface area contributed by atoms with Gasteiger partial charge in [0.25, 0.3) is 0 Å². The van der Waals surface area contributed by atoms with Crippen molar-refractivity contribution in [3.8, 4) is 22.4 Å². The van der Waals surface area contributed by atoms with E-state index in [1.165, 1.54) is 43.1 Å². The summed E-state index contributed by atoms with van der Waals surface area (Å²) in [6.07, 6.45) is 4.33. The fourth-order valence-corrected chi connectivity index (χ4v) is 5.63. The summed E-state index contributed by atoms with van der Waals surface area (Å²) in [5.74, 6) is 0.439. The molecule has 0 aliphatic carbocycles. The van der Waals surface area contributed by atoms with E-state index in [1.807, 2.05) is 24.4 Å². The van der Waals surface area contributed by atoms with E-state index >= 15 is 0 Å². The summed E-state index contributed by atoms with van der Waals surface area (Å²) in [5, 5.41) is 11.4. The Morgan fingerprint density at radius 1 is 0.882 bits per heavy atom. The molecule has 4 heterocycles. The van der Waals surface area contributed by atoms with E-state index in [0.29, 0.717) is 17.5 Å². The number of halogens is 1. The summed E-state index contributed by atoms with van der Waals surface area (Å²) in [6, 6.07) is 26.4. The molecule has 0 radical (unpaired) electrons. The molecule has 172 valence electrons. The minimum absolute atomic E-state index is 0.0799. The molecule has 7 rings (SSSR count). The molecular formula is C29H29FN4. The van der Waals surface area contributed by atoms with E-state index < -0.39 is 0 Å². The smallest absolute Gasteiger partial charge is 0.132 e. The molecule has 1 aromatic heterocycles. The van der Waals surface area contributed by atoms with Gasteiger partial charge in [-0.05, 0) is 60.7 Å². The van der Waals surface area contributed by atoms with Gasteiger partial charge in [0, 0.05) is 23.7 Å². The summed E-state index contributed by atoms with van der Waals surface area (Å²) < 4.78 is 14.7. The van der Waals surface area contributed by atoms with Gasteiger partial charge in [0.1, 0.15) is 5.82 Å². The lowest BCUT2D eigenvalue weighted by Gasteiger charge is -2.46. The van der Waals surface area contributed by atoms with Gasteiger partial charge in [0.15, 0.2) is 0 Å². The second-order valence-corrected chi connectivity index (χ2v) is 9.51. The summed E-state index contributed by atoms with van der Waals surface area (Å²) >= 11 is 0. The molecule has 2 N–H and O–H groups in total. The quantitative estimate of drug-likeness (QED) is 0.397. The number of benzene rings is 3. The van der Waals surface area contributed by atoms with Crippen molar-refractivity contribution in [2.24, 2.45) is 5.92 Å². The lowest BCUT2D eigenvalue weighted by molar-refractivity contribution is 0.0692. The van der Waals surface area contributed by atoms with E-state index in [9.17, 15) is 4.39 Å². The third-order valence-corrected chi connectivity index (χ3v) is 7.51. The van der Waals surface area contributed by atoms with Crippen LogP contribution in [-0.2, 0) is 0 Å². The lowest BCUT2D eigenvalue weighted by Crippen LogP contribution is -2.56. The Labute approximate surface area is 199 Å². The largest absolute Gasteiger partial charge is 0.302 e. The molecule has 3 aliphatic rings.